The Morgan fingerprint density at radius 3 is 2.65 bits per heavy atom. The van der Waals surface area contributed by atoms with Gasteiger partial charge in [0.15, 0.2) is 0 Å². The fraction of sp³-hybridized carbons (Fsp3) is 1.00. The minimum Gasteiger partial charge on any atom is -0.379 e. The molecule has 3 unspecified atom stereocenters. The summed E-state index contributed by atoms with van der Waals surface area (Å²) in [6, 6.07) is 1.45. The molecule has 0 aromatic heterocycles. The van der Waals surface area contributed by atoms with Crippen molar-refractivity contribution in [3.63, 3.8) is 0 Å². The highest BCUT2D eigenvalue weighted by Gasteiger charge is 2.32. The first-order valence-electron chi connectivity index (χ1n) is 8.49. The topological polar surface area (TPSA) is 27.7 Å². The van der Waals surface area contributed by atoms with E-state index < -0.39 is 0 Å². The van der Waals surface area contributed by atoms with Crippen molar-refractivity contribution >= 4 is 0 Å². The van der Waals surface area contributed by atoms with Crippen LogP contribution in [0.3, 0.4) is 0 Å². The third-order valence-electron chi connectivity index (χ3n) is 5.05. The van der Waals surface area contributed by atoms with Crippen molar-refractivity contribution in [1.82, 2.24) is 15.1 Å². The quantitative estimate of drug-likeness (QED) is 0.715. The van der Waals surface area contributed by atoms with Crippen LogP contribution in [-0.2, 0) is 4.74 Å². The van der Waals surface area contributed by atoms with Crippen molar-refractivity contribution < 1.29 is 4.74 Å². The first-order chi connectivity index (χ1) is 9.72. The van der Waals surface area contributed by atoms with Gasteiger partial charge in [-0.1, -0.05) is 13.8 Å². The zero-order chi connectivity index (χ0) is 14.4. The molecule has 1 N–H and O–H groups in total. The zero-order valence-electron chi connectivity index (χ0n) is 13.6. The SMILES string of the molecule is CCCNCC(C)C(C)N1CCC(N2CCOCC2)C1. The van der Waals surface area contributed by atoms with E-state index in [9.17, 15) is 0 Å². The normalized spacial score (nSPS) is 28.6. The van der Waals surface area contributed by atoms with Gasteiger partial charge in [-0.25, -0.2) is 0 Å². The minimum absolute atomic E-state index is 0.686. The molecule has 2 heterocycles. The van der Waals surface area contributed by atoms with Crippen LogP contribution in [0, 0.1) is 5.92 Å². The van der Waals surface area contributed by atoms with E-state index in [0.29, 0.717) is 6.04 Å². The van der Waals surface area contributed by atoms with Gasteiger partial charge in [0.05, 0.1) is 13.2 Å². The molecule has 118 valence electrons. The summed E-state index contributed by atoms with van der Waals surface area (Å²) in [5.74, 6) is 0.727. The Bertz CT molecular complexity index is 268. The summed E-state index contributed by atoms with van der Waals surface area (Å²) in [6.45, 7) is 15.9. The Balaban J connectivity index is 1.73. The molecule has 0 aromatic carbocycles. The van der Waals surface area contributed by atoms with Gasteiger partial charge in [-0.15, -0.1) is 0 Å². The molecule has 2 saturated heterocycles. The molecule has 2 aliphatic heterocycles. The second kappa shape index (κ2) is 8.32. The summed E-state index contributed by atoms with van der Waals surface area (Å²) in [7, 11) is 0. The van der Waals surface area contributed by atoms with Crippen molar-refractivity contribution in [3.05, 3.63) is 0 Å². The third-order valence-corrected chi connectivity index (χ3v) is 5.05. The molecule has 2 aliphatic rings. The molecule has 0 saturated carbocycles. The Labute approximate surface area is 124 Å². The smallest absolute Gasteiger partial charge is 0.0594 e. The minimum atomic E-state index is 0.686. The lowest BCUT2D eigenvalue weighted by atomic mass is 10.0. The van der Waals surface area contributed by atoms with E-state index in [-0.39, 0.29) is 0 Å². The molecule has 20 heavy (non-hydrogen) atoms. The summed E-state index contributed by atoms with van der Waals surface area (Å²) in [5.41, 5.74) is 0. The van der Waals surface area contributed by atoms with Gasteiger partial charge in [-0.2, -0.15) is 0 Å². The van der Waals surface area contributed by atoms with Crippen LogP contribution in [0.15, 0.2) is 0 Å². The highest BCUT2D eigenvalue weighted by molar-refractivity contribution is 4.88. The summed E-state index contributed by atoms with van der Waals surface area (Å²) in [4.78, 5) is 5.33. The molecular weight excluding hydrogens is 250 g/mol. The van der Waals surface area contributed by atoms with Crippen molar-refractivity contribution in [3.8, 4) is 0 Å². The number of morpholine rings is 1. The van der Waals surface area contributed by atoms with E-state index >= 15 is 0 Å². The van der Waals surface area contributed by atoms with Gasteiger partial charge < -0.3 is 10.1 Å². The molecular formula is C16H33N3O. The number of nitrogens with one attached hydrogen (secondary N) is 1. The van der Waals surface area contributed by atoms with E-state index in [0.717, 1.165) is 51.4 Å². The monoisotopic (exact) mass is 283 g/mol. The van der Waals surface area contributed by atoms with Crippen molar-refractivity contribution in [2.75, 3.05) is 52.5 Å². The average Bonchev–Trinajstić information content (AvgIpc) is 2.97. The lowest BCUT2D eigenvalue weighted by Gasteiger charge is -2.34. The fourth-order valence-electron chi connectivity index (χ4n) is 3.42. The van der Waals surface area contributed by atoms with E-state index in [4.69, 9.17) is 4.74 Å². The van der Waals surface area contributed by atoms with E-state index in [1.54, 1.807) is 0 Å². The van der Waals surface area contributed by atoms with Crippen LogP contribution < -0.4 is 5.32 Å². The molecule has 0 aliphatic carbocycles. The number of rotatable bonds is 7. The zero-order valence-corrected chi connectivity index (χ0v) is 13.6. The van der Waals surface area contributed by atoms with Crippen LogP contribution >= 0.6 is 0 Å². The summed E-state index contributed by atoms with van der Waals surface area (Å²) < 4.78 is 5.46. The van der Waals surface area contributed by atoms with E-state index in [1.165, 1.54) is 25.9 Å². The lowest BCUT2D eigenvalue weighted by molar-refractivity contribution is 0.0172. The van der Waals surface area contributed by atoms with Crippen LogP contribution in [0.2, 0.25) is 0 Å². The molecule has 0 aromatic rings. The molecule has 0 spiro atoms. The lowest BCUT2D eigenvalue weighted by Crippen LogP contribution is -2.46. The molecule has 4 nitrogen and oxygen atoms in total. The summed E-state index contributed by atoms with van der Waals surface area (Å²) in [5, 5.41) is 3.56. The Morgan fingerprint density at radius 1 is 1.20 bits per heavy atom. The summed E-state index contributed by atoms with van der Waals surface area (Å²) >= 11 is 0. The second-order valence-corrected chi connectivity index (χ2v) is 6.51. The average molecular weight is 283 g/mol. The molecule has 0 bridgehead atoms. The van der Waals surface area contributed by atoms with Gasteiger partial charge in [-0.3, -0.25) is 9.80 Å². The maximum absolute atomic E-state index is 5.46. The van der Waals surface area contributed by atoms with Crippen LogP contribution in [0.4, 0.5) is 0 Å². The molecule has 2 fully saturated rings. The highest BCUT2D eigenvalue weighted by Crippen LogP contribution is 2.21. The van der Waals surface area contributed by atoms with Crippen molar-refractivity contribution in [2.45, 2.75) is 45.7 Å². The second-order valence-electron chi connectivity index (χ2n) is 6.51. The number of nitrogens with zero attached hydrogens (tertiary/aromatic N) is 2. The van der Waals surface area contributed by atoms with Crippen molar-refractivity contribution in [1.29, 1.82) is 0 Å². The number of likely N-dealkylation sites (tertiary alicyclic amines) is 1. The van der Waals surface area contributed by atoms with E-state index in [2.05, 4.69) is 35.9 Å². The van der Waals surface area contributed by atoms with Crippen molar-refractivity contribution in [2.24, 2.45) is 5.92 Å². The predicted octanol–water partition coefficient (Wildman–Crippen LogP) is 1.42. The van der Waals surface area contributed by atoms with Crippen LogP contribution in [0.5, 0.6) is 0 Å². The van der Waals surface area contributed by atoms with Gasteiger partial charge in [0.25, 0.3) is 0 Å². The van der Waals surface area contributed by atoms with Gasteiger partial charge >= 0.3 is 0 Å². The van der Waals surface area contributed by atoms with Crippen LogP contribution in [-0.4, -0.2) is 74.4 Å². The number of hydrogen-bond donors (Lipinski definition) is 1. The Hall–Kier alpha value is -0.160. The number of hydrogen-bond acceptors (Lipinski definition) is 4. The number of ether oxygens (including phenoxy) is 1. The van der Waals surface area contributed by atoms with Gasteiger partial charge in [0.2, 0.25) is 0 Å². The highest BCUT2D eigenvalue weighted by atomic mass is 16.5. The van der Waals surface area contributed by atoms with Gasteiger partial charge in [0.1, 0.15) is 0 Å². The molecule has 4 heteroatoms. The largest absolute Gasteiger partial charge is 0.379 e. The Morgan fingerprint density at radius 2 is 1.95 bits per heavy atom. The predicted molar refractivity (Wildman–Crippen MR) is 84.2 cm³/mol. The molecule has 0 amide bonds. The van der Waals surface area contributed by atoms with Gasteiger partial charge in [0, 0.05) is 38.3 Å². The van der Waals surface area contributed by atoms with Crippen LogP contribution in [0.25, 0.3) is 0 Å². The molecule has 2 rings (SSSR count). The molecule has 0 radical (unpaired) electrons. The first-order valence-corrected chi connectivity index (χ1v) is 8.49. The van der Waals surface area contributed by atoms with Crippen LogP contribution in [0.1, 0.15) is 33.6 Å². The molecule has 3 atom stereocenters. The standard InChI is InChI=1S/C16H33N3O/c1-4-6-17-12-14(2)15(3)19-7-5-16(13-19)18-8-10-20-11-9-18/h14-17H,4-13H2,1-3H3. The maximum Gasteiger partial charge on any atom is 0.0594 e. The third kappa shape index (κ3) is 4.42. The Kier molecular flexibility index (Phi) is 6.75. The fourth-order valence-corrected chi connectivity index (χ4v) is 3.42. The van der Waals surface area contributed by atoms with E-state index in [1.807, 2.05) is 0 Å². The first kappa shape index (κ1) is 16.2. The maximum atomic E-state index is 5.46. The summed E-state index contributed by atoms with van der Waals surface area (Å²) in [6.07, 6.45) is 2.56. The van der Waals surface area contributed by atoms with Gasteiger partial charge in [-0.05, 0) is 38.8 Å².